The van der Waals surface area contributed by atoms with Crippen LogP contribution in [0.25, 0.3) is 10.6 Å². The molecule has 2 aromatic heterocycles. The summed E-state index contributed by atoms with van der Waals surface area (Å²) in [6.07, 6.45) is 2.62. The van der Waals surface area contributed by atoms with Crippen LogP contribution in [0.15, 0.2) is 22.1 Å². The summed E-state index contributed by atoms with van der Waals surface area (Å²) in [7, 11) is 0. The van der Waals surface area contributed by atoms with Gasteiger partial charge in [-0.05, 0) is 34.3 Å². The number of aryl methyl sites for hydroxylation is 1. The zero-order valence-electron chi connectivity index (χ0n) is 8.11. The van der Waals surface area contributed by atoms with E-state index in [0.717, 1.165) is 27.9 Å². The van der Waals surface area contributed by atoms with E-state index in [9.17, 15) is 4.79 Å². The van der Waals surface area contributed by atoms with Crippen LogP contribution in [-0.2, 0) is 6.54 Å². The van der Waals surface area contributed by atoms with E-state index in [2.05, 4.69) is 21.0 Å². The normalized spacial score (nSPS) is 10.5. The molecule has 0 aromatic carbocycles. The van der Waals surface area contributed by atoms with Gasteiger partial charge in [0.2, 0.25) is 0 Å². The molecule has 0 aliphatic heterocycles. The zero-order valence-corrected chi connectivity index (χ0v) is 10.5. The van der Waals surface area contributed by atoms with Crippen LogP contribution < -0.4 is 0 Å². The van der Waals surface area contributed by atoms with Crippen LogP contribution in [0.4, 0.5) is 0 Å². The van der Waals surface area contributed by atoms with Crippen molar-refractivity contribution in [3.63, 3.8) is 0 Å². The van der Waals surface area contributed by atoms with E-state index in [-0.39, 0.29) is 0 Å². The van der Waals surface area contributed by atoms with Crippen molar-refractivity contribution in [3.05, 3.63) is 27.7 Å². The van der Waals surface area contributed by atoms with Crippen LogP contribution in [-0.4, -0.2) is 16.1 Å². The lowest BCUT2D eigenvalue weighted by atomic mass is 10.2. The van der Waals surface area contributed by atoms with Crippen molar-refractivity contribution in [2.75, 3.05) is 0 Å². The summed E-state index contributed by atoms with van der Waals surface area (Å²) in [5.41, 5.74) is 1.40. The van der Waals surface area contributed by atoms with Crippen LogP contribution in [0.2, 0.25) is 0 Å². The Morgan fingerprint density at radius 1 is 1.67 bits per heavy atom. The Morgan fingerprint density at radius 2 is 2.47 bits per heavy atom. The van der Waals surface area contributed by atoms with Gasteiger partial charge in [-0.3, -0.25) is 9.48 Å². The molecule has 0 fully saturated rings. The smallest absolute Gasteiger partial charge is 0.153 e. The average Bonchev–Trinajstić information content (AvgIpc) is 2.82. The monoisotopic (exact) mass is 284 g/mol. The fourth-order valence-electron chi connectivity index (χ4n) is 1.32. The summed E-state index contributed by atoms with van der Waals surface area (Å²) in [5.74, 6) is 0. The van der Waals surface area contributed by atoms with E-state index in [4.69, 9.17) is 0 Å². The Labute approximate surface area is 99.9 Å². The molecule has 0 aliphatic carbocycles. The van der Waals surface area contributed by atoms with Gasteiger partial charge < -0.3 is 0 Å². The van der Waals surface area contributed by atoms with E-state index >= 15 is 0 Å². The van der Waals surface area contributed by atoms with E-state index in [1.165, 1.54) is 0 Å². The van der Waals surface area contributed by atoms with E-state index < -0.39 is 0 Å². The highest BCUT2D eigenvalue weighted by molar-refractivity contribution is 9.10. The van der Waals surface area contributed by atoms with Gasteiger partial charge in [0.25, 0.3) is 0 Å². The second-order valence-corrected chi connectivity index (χ2v) is 4.77. The van der Waals surface area contributed by atoms with E-state index in [1.807, 2.05) is 18.4 Å². The molecule has 0 atom stereocenters. The molecule has 0 amide bonds. The third-order valence-corrected chi connectivity index (χ3v) is 3.92. The molecule has 0 spiro atoms. The van der Waals surface area contributed by atoms with Crippen molar-refractivity contribution in [1.29, 1.82) is 0 Å². The first-order valence-electron chi connectivity index (χ1n) is 4.52. The largest absolute Gasteiger partial charge is 0.298 e. The second-order valence-electron chi connectivity index (χ2n) is 3.00. The Kier molecular flexibility index (Phi) is 3.02. The van der Waals surface area contributed by atoms with Crippen molar-refractivity contribution >= 4 is 33.6 Å². The van der Waals surface area contributed by atoms with Gasteiger partial charge in [-0.2, -0.15) is 5.10 Å². The zero-order chi connectivity index (χ0) is 10.8. The van der Waals surface area contributed by atoms with Crippen LogP contribution in [0.1, 0.15) is 17.3 Å². The van der Waals surface area contributed by atoms with Crippen molar-refractivity contribution in [1.82, 2.24) is 9.78 Å². The third kappa shape index (κ3) is 1.89. The minimum Gasteiger partial charge on any atom is -0.298 e. The Morgan fingerprint density at radius 3 is 3.00 bits per heavy atom. The topological polar surface area (TPSA) is 34.9 Å². The Balaban J connectivity index is 2.56. The number of halogens is 1. The first kappa shape index (κ1) is 10.6. The third-order valence-electron chi connectivity index (χ3n) is 2.07. The molecule has 0 aliphatic rings. The van der Waals surface area contributed by atoms with E-state index in [1.54, 1.807) is 22.2 Å². The van der Waals surface area contributed by atoms with Gasteiger partial charge in [0.15, 0.2) is 6.29 Å². The molecule has 0 N–H and O–H groups in total. The maximum atomic E-state index is 10.9. The van der Waals surface area contributed by atoms with E-state index in [0.29, 0.717) is 5.56 Å². The fourth-order valence-corrected chi connectivity index (χ4v) is 2.89. The number of hydrogen-bond donors (Lipinski definition) is 0. The number of carbonyl (C=O) groups excluding carboxylic acids is 1. The summed E-state index contributed by atoms with van der Waals surface area (Å²) >= 11 is 5.02. The minimum atomic E-state index is 0.639. The van der Waals surface area contributed by atoms with Crippen LogP contribution in [0, 0.1) is 0 Å². The van der Waals surface area contributed by atoms with Gasteiger partial charge in [-0.15, -0.1) is 11.3 Å². The summed E-state index contributed by atoms with van der Waals surface area (Å²) < 4.78 is 2.75. The molecular weight excluding hydrogens is 276 g/mol. The lowest BCUT2D eigenvalue weighted by Crippen LogP contribution is -1.93. The van der Waals surface area contributed by atoms with Gasteiger partial charge in [-0.25, -0.2) is 0 Å². The predicted molar refractivity (Wildman–Crippen MR) is 64.3 cm³/mol. The summed E-state index contributed by atoms with van der Waals surface area (Å²) in [4.78, 5) is 11.9. The molecule has 0 saturated carbocycles. The van der Waals surface area contributed by atoms with Gasteiger partial charge in [0.05, 0.1) is 10.4 Å². The highest BCUT2D eigenvalue weighted by Gasteiger charge is 2.13. The number of carbonyl (C=O) groups is 1. The number of aromatic nitrogens is 2. The Bertz CT molecular complexity index is 489. The SMILES string of the molecule is CCn1cc(C=O)c(-c2sccc2Br)n1. The van der Waals surface area contributed by atoms with Gasteiger partial charge in [-0.1, -0.05) is 0 Å². The van der Waals surface area contributed by atoms with Crippen LogP contribution >= 0.6 is 27.3 Å². The molecule has 2 heterocycles. The standard InChI is InChI=1S/C10H9BrN2OS/c1-2-13-5-7(6-14)9(12-13)10-8(11)3-4-15-10/h3-6H,2H2,1H3. The summed E-state index contributed by atoms with van der Waals surface area (Å²) in [6, 6.07) is 1.96. The van der Waals surface area contributed by atoms with Crippen LogP contribution in [0.5, 0.6) is 0 Å². The maximum absolute atomic E-state index is 10.9. The number of rotatable bonds is 3. The lowest BCUT2D eigenvalue weighted by molar-refractivity contribution is 0.112. The average molecular weight is 285 g/mol. The number of hydrogen-bond acceptors (Lipinski definition) is 3. The molecule has 3 nitrogen and oxygen atoms in total. The van der Waals surface area contributed by atoms with Crippen molar-refractivity contribution in [3.8, 4) is 10.6 Å². The molecular formula is C10H9BrN2OS. The molecule has 0 bridgehead atoms. The maximum Gasteiger partial charge on any atom is 0.153 e. The lowest BCUT2D eigenvalue weighted by Gasteiger charge is -1.94. The molecule has 2 rings (SSSR count). The van der Waals surface area contributed by atoms with Gasteiger partial charge in [0.1, 0.15) is 5.69 Å². The second kappa shape index (κ2) is 4.28. The van der Waals surface area contributed by atoms with Crippen LogP contribution in [0.3, 0.4) is 0 Å². The quantitative estimate of drug-likeness (QED) is 0.812. The fraction of sp³-hybridized carbons (Fsp3) is 0.200. The Hall–Kier alpha value is -0.940. The molecule has 2 aromatic rings. The predicted octanol–water partition coefficient (Wildman–Crippen LogP) is 3.21. The van der Waals surface area contributed by atoms with Gasteiger partial charge in [0, 0.05) is 17.2 Å². The van der Waals surface area contributed by atoms with Crippen molar-refractivity contribution in [2.24, 2.45) is 0 Å². The number of nitrogens with zero attached hydrogens (tertiary/aromatic N) is 2. The van der Waals surface area contributed by atoms with Gasteiger partial charge >= 0.3 is 0 Å². The van der Waals surface area contributed by atoms with Crippen molar-refractivity contribution in [2.45, 2.75) is 13.5 Å². The van der Waals surface area contributed by atoms with Crippen molar-refractivity contribution < 1.29 is 4.79 Å². The number of aldehydes is 1. The first-order valence-corrected chi connectivity index (χ1v) is 6.19. The molecule has 15 heavy (non-hydrogen) atoms. The summed E-state index contributed by atoms with van der Waals surface area (Å²) in [5, 5.41) is 6.34. The molecule has 5 heteroatoms. The molecule has 0 radical (unpaired) electrons. The minimum absolute atomic E-state index is 0.639. The summed E-state index contributed by atoms with van der Waals surface area (Å²) in [6.45, 7) is 2.76. The molecule has 0 saturated heterocycles. The first-order chi connectivity index (χ1) is 7.26. The highest BCUT2D eigenvalue weighted by atomic mass is 79.9. The number of thiophene rings is 1. The molecule has 78 valence electrons. The highest BCUT2D eigenvalue weighted by Crippen LogP contribution is 2.33. The molecule has 0 unspecified atom stereocenters.